The molecule has 11 heteroatoms. The molecule has 0 unspecified atom stereocenters. The molecule has 1 amide bonds. The molecule has 1 aromatic heterocycles. The van der Waals surface area contributed by atoms with Crippen molar-refractivity contribution in [3.05, 3.63) is 34.9 Å². The van der Waals surface area contributed by atoms with Gasteiger partial charge in [-0.3, -0.25) is 4.79 Å². The third-order valence-electron chi connectivity index (χ3n) is 4.29. The van der Waals surface area contributed by atoms with Crippen molar-refractivity contribution in [1.82, 2.24) is 15.1 Å². The van der Waals surface area contributed by atoms with Crippen LogP contribution < -0.4 is 0 Å². The van der Waals surface area contributed by atoms with Gasteiger partial charge in [0, 0.05) is 23.4 Å². The number of halogens is 1. The van der Waals surface area contributed by atoms with E-state index in [0.29, 0.717) is 18.0 Å². The second-order valence-corrected chi connectivity index (χ2v) is 12.4. The van der Waals surface area contributed by atoms with Crippen LogP contribution in [0.4, 0.5) is 0 Å². The van der Waals surface area contributed by atoms with Crippen LogP contribution in [0.3, 0.4) is 0 Å². The quantitative estimate of drug-likeness (QED) is 0.537. The first-order valence-electron chi connectivity index (χ1n) is 8.69. The molecule has 28 heavy (non-hydrogen) atoms. The number of hydrogen-bond donors (Lipinski definition) is 0. The molecule has 1 atom stereocenters. The van der Waals surface area contributed by atoms with Crippen molar-refractivity contribution in [2.24, 2.45) is 0 Å². The van der Waals surface area contributed by atoms with Crippen molar-refractivity contribution in [3.8, 4) is 0 Å². The van der Waals surface area contributed by atoms with Crippen molar-refractivity contribution in [1.29, 1.82) is 0 Å². The third kappa shape index (κ3) is 6.09. The Morgan fingerprint density at radius 3 is 2.54 bits per heavy atom. The maximum Gasteiger partial charge on any atom is 0.233 e. The Labute approximate surface area is 182 Å². The van der Waals surface area contributed by atoms with Gasteiger partial charge in [-0.15, -0.1) is 10.2 Å². The molecule has 0 N–H and O–H groups in total. The molecule has 0 radical (unpaired) electrons. The van der Waals surface area contributed by atoms with Gasteiger partial charge in [0.25, 0.3) is 0 Å². The summed E-state index contributed by atoms with van der Waals surface area (Å²) in [5, 5.41) is 9.02. The predicted molar refractivity (Wildman–Crippen MR) is 116 cm³/mol. The first kappa shape index (κ1) is 21.9. The minimum atomic E-state index is -3.01. The standard InChI is InChI=1S/C17H20ClN3O3S4/c1-2-21(14-7-8-28(23,24)11-14)15(22)10-26-17-20-19-16(27-17)25-9-12-3-5-13(18)6-4-12/h3-6,14H,2,7-11H2,1H3/t14-/m0/s1. The molecule has 0 aliphatic carbocycles. The van der Waals surface area contributed by atoms with Gasteiger partial charge in [-0.05, 0) is 31.0 Å². The predicted octanol–water partition coefficient (Wildman–Crippen LogP) is 3.61. The molecule has 2 aromatic rings. The summed E-state index contributed by atoms with van der Waals surface area (Å²) in [6.45, 7) is 2.39. The second kappa shape index (κ2) is 9.80. The average molecular weight is 478 g/mol. The highest BCUT2D eigenvalue weighted by atomic mass is 35.5. The Balaban J connectivity index is 1.49. The van der Waals surface area contributed by atoms with Gasteiger partial charge in [0.05, 0.1) is 17.3 Å². The highest BCUT2D eigenvalue weighted by Crippen LogP contribution is 2.31. The monoisotopic (exact) mass is 477 g/mol. The number of aromatic nitrogens is 2. The lowest BCUT2D eigenvalue weighted by molar-refractivity contribution is -0.129. The van der Waals surface area contributed by atoms with Gasteiger partial charge in [0.1, 0.15) is 0 Å². The highest BCUT2D eigenvalue weighted by molar-refractivity contribution is 8.03. The van der Waals surface area contributed by atoms with E-state index in [2.05, 4.69) is 10.2 Å². The summed E-state index contributed by atoms with van der Waals surface area (Å²) < 4.78 is 24.9. The number of thioether (sulfide) groups is 2. The summed E-state index contributed by atoms with van der Waals surface area (Å²) in [4.78, 5) is 14.2. The number of amides is 1. The minimum Gasteiger partial charge on any atom is -0.338 e. The van der Waals surface area contributed by atoms with E-state index in [0.717, 1.165) is 20.0 Å². The van der Waals surface area contributed by atoms with Crippen LogP contribution in [0.2, 0.25) is 5.02 Å². The average Bonchev–Trinajstić information content (AvgIpc) is 3.26. The Bertz CT molecular complexity index is 918. The number of carbonyl (C=O) groups is 1. The molecule has 2 heterocycles. The number of hydrogen-bond acceptors (Lipinski definition) is 8. The Kier molecular flexibility index (Phi) is 7.66. The van der Waals surface area contributed by atoms with Crippen LogP contribution in [0.15, 0.2) is 32.9 Å². The Morgan fingerprint density at radius 2 is 1.93 bits per heavy atom. The van der Waals surface area contributed by atoms with Crippen LogP contribution in [0.5, 0.6) is 0 Å². The van der Waals surface area contributed by atoms with E-state index >= 15 is 0 Å². The minimum absolute atomic E-state index is 0.0554. The van der Waals surface area contributed by atoms with Crippen molar-refractivity contribution >= 4 is 62.2 Å². The van der Waals surface area contributed by atoms with E-state index in [1.165, 1.54) is 23.1 Å². The van der Waals surface area contributed by atoms with Gasteiger partial charge in [-0.1, -0.05) is 58.6 Å². The van der Waals surface area contributed by atoms with Gasteiger partial charge in [0.2, 0.25) is 5.91 Å². The molecule has 3 rings (SSSR count). The number of benzene rings is 1. The lowest BCUT2D eigenvalue weighted by atomic mass is 10.2. The number of nitrogens with zero attached hydrogens (tertiary/aromatic N) is 3. The molecule has 1 aliphatic heterocycles. The SMILES string of the molecule is CCN(C(=O)CSc1nnc(SCc2ccc(Cl)cc2)s1)[C@H]1CCS(=O)(=O)C1. The number of sulfone groups is 1. The van der Waals surface area contributed by atoms with Gasteiger partial charge in [-0.2, -0.15) is 0 Å². The molecule has 1 saturated heterocycles. The molecule has 6 nitrogen and oxygen atoms in total. The van der Waals surface area contributed by atoms with Gasteiger partial charge in [-0.25, -0.2) is 8.42 Å². The molecule has 0 bridgehead atoms. The van der Waals surface area contributed by atoms with Crippen molar-refractivity contribution in [2.45, 2.75) is 33.8 Å². The van der Waals surface area contributed by atoms with E-state index in [-0.39, 0.29) is 29.2 Å². The Morgan fingerprint density at radius 1 is 1.25 bits per heavy atom. The van der Waals surface area contributed by atoms with Crippen LogP contribution in [-0.4, -0.2) is 59.3 Å². The first-order chi connectivity index (χ1) is 13.4. The summed E-state index contributed by atoms with van der Waals surface area (Å²) >= 11 is 10.3. The number of rotatable bonds is 8. The fraction of sp³-hybridized carbons (Fsp3) is 0.471. The summed E-state index contributed by atoms with van der Waals surface area (Å²) in [5.41, 5.74) is 1.15. The van der Waals surface area contributed by atoms with E-state index < -0.39 is 9.84 Å². The van der Waals surface area contributed by atoms with Crippen molar-refractivity contribution in [2.75, 3.05) is 23.8 Å². The summed E-state index contributed by atoms with van der Waals surface area (Å²) in [5.74, 6) is 1.19. The van der Waals surface area contributed by atoms with E-state index in [9.17, 15) is 13.2 Å². The fourth-order valence-corrected chi connectivity index (χ4v) is 7.62. The van der Waals surface area contributed by atoms with Crippen LogP contribution in [0.25, 0.3) is 0 Å². The van der Waals surface area contributed by atoms with Crippen LogP contribution in [0.1, 0.15) is 18.9 Å². The van der Waals surface area contributed by atoms with Crippen LogP contribution in [-0.2, 0) is 20.4 Å². The molecular weight excluding hydrogens is 458 g/mol. The number of carbonyl (C=O) groups excluding carboxylic acids is 1. The van der Waals surface area contributed by atoms with Crippen LogP contribution in [0, 0.1) is 0 Å². The van der Waals surface area contributed by atoms with E-state index in [1.54, 1.807) is 16.7 Å². The van der Waals surface area contributed by atoms with Gasteiger partial charge < -0.3 is 4.90 Å². The van der Waals surface area contributed by atoms with Gasteiger partial charge in [0.15, 0.2) is 18.5 Å². The van der Waals surface area contributed by atoms with Crippen molar-refractivity contribution in [3.63, 3.8) is 0 Å². The molecule has 1 aliphatic rings. The maximum atomic E-state index is 12.5. The van der Waals surface area contributed by atoms with Crippen molar-refractivity contribution < 1.29 is 13.2 Å². The normalized spacial score (nSPS) is 18.3. The third-order valence-corrected chi connectivity index (χ3v) is 9.54. The Hall–Kier alpha value is -0.810. The molecule has 0 saturated carbocycles. The zero-order valence-electron chi connectivity index (χ0n) is 15.2. The summed E-state index contributed by atoms with van der Waals surface area (Å²) in [7, 11) is -3.01. The first-order valence-corrected chi connectivity index (χ1v) is 13.7. The summed E-state index contributed by atoms with van der Waals surface area (Å²) in [6.07, 6.45) is 0.525. The molecule has 152 valence electrons. The topological polar surface area (TPSA) is 80.2 Å². The van der Waals surface area contributed by atoms with E-state index in [1.807, 2.05) is 31.2 Å². The smallest absolute Gasteiger partial charge is 0.233 e. The molecule has 0 spiro atoms. The van der Waals surface area contributed by atoms with Crippen LogP contribution >= 0.6 is 46.5 Å². The lowest BCUT2D eigenvalue weighted by Crippen LogP contribution is -2.41. The van der Waals surface area contributed by atoms with E-state index in [4.69, 9.17) is 11.6 Å². The summed E-state index contributed by atoms with van der Waals surface area (Å²) in [6, 6.07) is 7.47. The zero-order valence-corrected chi connectivity index (χ0v) is 19.2. The molecule has 1 aromatic carbocycles. The lowest BCUT2D eigenvalue weighted by Gasteiger charge is -2.26. The largest absolute Gasteiger partial charge is 0.338 e. The highest BCUT2D eigenvalue weighted by Gasteiger charge is 2.33. The maximum absolute atomic E-state index is 12.5. The fourth-order valence-electron chi connectivity index (χ4n) is 2.91. The second-order valence-electron chi connectivity index (χ2n) is 6.27. The van der Waals surface area contributed by atoms with Gasteiger partial charge >= 0.3 is 0 Å². The molecular formula is C17H20ClN3O3S4. The zero-order chi connectivity index (χ0) is 20.1. The molecule has 1 fully saturated rings.